The number of nitrogens with zero attached hydrogens (tertiary/aromatic N) is 2. The Balaban J connectivity index is 1.51. The summed E-state index contributed by atoms with van der Waals surface area (Å²) in [6, 6.07) is 17.2. The second-order valence-electron chi connectivity index (χ2n) is 7.99. The van der Waals surface area contributed by atoms with E-state index in [0.29, 0.717) is 33.0 Å². The van der Waals surface area contributed by atoms with Gasteiger partial charge in [-0.05, 0) is 43.3 Å². The smallest absolute Gasteiger partial charge is 0.418 e. The Kier molecular flexibility index (Phi) is 6.65. The van der Waals surface area contributed by atoms with Crippen LogP contribution >= 0.6 is 23.1 Å². The molecular formula is C26H18F3N3O3S2. The van der Waals surface area contributed by atoms with Crippen LogP contribution in [-0.4, -0.2) is 21.2 Å². The largest absolute Gasteiger partial charge is 0.461 e. The lowest BCUT2D eigenvalue weighted by atomic mass is 10.1. The highest BCUT2D eigenvalue weighted by Gasteiger charge is 2.33. The van der Waals surface area contributed by atoms with Crippen molar-refractivity contribution in [2.75, 3.05) is 11.1 Å². The van der Waals surface area contributed by atoms with Crippen LogP contribution in [0.5, 0.6) is 0 Å². The average molecular weight is 542 g/mol. The fourth-order valence-electron chi connectivity index (χ4n) is 3.79. The van der Waals surface area contributed by atoms with Crippen molar-refractivity contribution >= 4 is 44.9 Å². The van der Waals surface area contributed by atoms with Gasteiger partial charge in [-0.3, -0.25) is 14.2 Å². The number of anilines is 1. The van der Waals surface area contributed by atoms with E-state index in [1.165, 1.54) is 34.1 Å². The zero-order valence-corrected chi connectivity index (χ0v) is 20.8. The van der Waals surface area contributed by atoms with E-state index in [1.54, 1.807) is 41.8 Å². The third-order valence-electron chi connectivity index (χ3n) is 5.44. The van der Waals surface area contributed by atoms with Crippen molar-refractivity contribution in [3.05, 3.63) is 93.8 Å². The van der Waals surface area contributed by atoms with Gasteiger partial charge in [0.15, 0.2) is 5.16 Å². The van der Waals surface area contributed by atoms with Gasteiger partial charge in [-0.15, -0.1) is 11.3 Å². The molecule has 3 heterocycles. The average Bonchev–Trinajstić information content (AvgIpc) is 3.49. The van der Waals surface area contributed by atoms with Crippen molar-refractivity contribution in [3.63, 3.8) is 0 Å². The van der Waals surface area contributed by atoms with E-state index in [0.717, 1.165) is 17.8 Å². The van der Waals surface area contributed by atoms with Crippen molar-refractivity contribution in [1.82, 2.24) is 9.55 Å². The number of thioether (sulfide) groups is 1. The molecule has 188 valence electrons. The number of thiophene rings is 1. The first-order valence-corrected chi connectivity index (χ1v) is 12.8. The summed E-state index contributed by atoms with van der Waals surface area (Å²) in [6.45, 7) is 1.81. The van der Waals surface area contributed by atoms with E-state index in [2.05, 4.69) is 10.3 Å². The minimum absolute atomic E-state index is 0.243. The number of fused-ring (bicyclic) bond motifs is 1. The van der Waals surface area contributed by atoms with Crippen LogP contribution in [0.15, 0.2) is 86.5 Å². The zero-order valence-electron chi connectivity index (χ0n) is 19.2. The SMILES string of the molecule is Cc1ccc(-c2csc3nc(SCC(=O)Nc4ccccc4C(F)(F)F)n(-c4ccccc4)c(=O)c23)o1. The summed E-state index contributed by atoms with van der Waals surface area (Å²) in [7, 11) is 0. The molecule has 0 saturated carbocycles. The number of halogens is 3. The number of nitrogens with one attached hydrogen (secondary N) is 1. The normalized spacial score (nSPS) is 11.7. The topological polar surface area (TPSA) is 77.1 Å². The van der Waals surface area contributed by atoms with Crippen LogP contribution in [0.3, 0.4) is 0 Å². The number of para-hydroxylation sites is 2. The highest BCUT2D eigenvalue weighted by molar-refractivity contribution is 7.99. The number of amides is 1. The molecular weight excluding hydrogens is 523 g/mol. The van der Waals surface area contributed by atoms with Gasteiger partial charge in [0.2, 0.25) is 5.91 Å². The molecule has 2 aromatic carbocycles. The summed E-state index contributed by atoms with van der Waals surface area (Å²) in [5, 5.41) is 4.74. The quantitative estimate of drug-likeness (QED) is 0.190. The molecule has 5 aromatic rings. The molecule has 0 aliphatic rings. The number of benzene rings is 2. The van der Waals surface area contributed by atoms with Crippen molar-refractivity contribution in [2.45, 2.75) is 18.3 Å². The van der Waals surface area contributed by atoms with Crippen molar-refractivity contribution in [3.8, 4) is 17.0 Å². The van der Waals surface area contributed by atoms with E-state index >= 15 is 0 Å². The van der Waals surface area contributed by atoms with E-state index in [1.807, 2.05) is 13.0 Å². The molecule has 11 heteroatoms. The van der Waals surface area contributed by atoms with Crippen LogP contribution in [0.2, 0.25) is 0 Å². The minimum Gasteiger partial charge on any atom is -0.461 e. The number of alkyl halides is 3. The molecule has 0 atom stereocenters. The molecule has 0 unspecified atom stereocenters. The first-order chi connectivity index (χ1) is 17.7. The van der Waals surface area contributed by atoms with Gasteiger partial charge in [-0.25, -0.2) is 4.98 Å². The summed E-state index contributed by atoms with van der Waals surface area (Å²) in [5.41, 5.74) is -0.449. The fourth-order valence-corrected chi connectivity index (χ4v) is 5.57. The molecule has 37 heavy (non-hydrogen) atoms. The number of aromatic nitrogens is 2. The number of carbonyl (C=O) groups excluding carboxylic acids is 1. The maximum Gasteiger partial charge on any atom is 0.418 e. The summed E-state index contributed by atoms with van der Waals surface area (Å²) in [4.78, 5) is 31.5. The Labute approximate surface area is 216 Å². The van der Waals surface area contributed by atoms with Crippen LogP contribution in [0.4, 0.5) is 18.9 Å². The molecule has 3 aromatic heterocycles. The molecule has 1 N–H and O–H groups in total. The highest BCUT2D eigenvalue weighted by atomic mass is 32.2. The predicted octanol–water partition coefficient (Wildman–Crippen LogP) is 6.77. The van der Waals surface area contributed by atoms with Gasteiger partial charge < -0.3 is 9.73 Å². The summed E-state index contributed by atoms with van der Waals surface area (Å²) < 4.78 is 47.0. The summed E-state index contributed by atoms with van der Waals surface area (Å²) in [6.07, 6.45) is -4.61. The van der Waals surface area contributed by atoms with Gasteiger partial charge >= 0.3 is 6.18 Å². The van der Waals surface area contributed by atoms with E-state index in [9.17, 15) is 22.8 Å². The summed E-state index contributed by atoms with van der Waals surface area (Å²) in [5.74, 6) is 0.335. The standard InChI is InChI=1S/C26H18F3N3O3S2/c1-15-11-12-20(35-15)17-13-36-23-22(17)24(34)32(16-7-3-2-4-8-16)25(31-23)37-14-21(33)30-19-10-6-5-9-18(19)26(27,28)29/h2-13H,14H2,1H3,(H,30,33). The van der Waals surface area contributed by atoms with Crippen molar-refractivity contribution in [1.29, 1.82) is 0 Å². The number of carbonyl (C=O) groups is 1. The molecule has 0 fully saturated rings. The molecule has 0 bridgehead atoms. The second-order valence-corrected chi connectivity index (χ2v) is 9.79. The maximum atomic E-state index is 13.8. The lowest BCUT2D eigenvalue weighted by molar-refractivity contribution is -0.137. The highest BCUT2D eigenvalue weighted by Crippen LogP contribution is 2.36. The molecule has 1 amide bonds. The molecule has 0 spiro atoms. The van der Waals surface area contributed by atoms with E-state index in [-0.39, 0.29) is 22.2 Å². The maximum absolute atomic E-state index is 13.8. The van der Waals surface area contributed by atoms with Crippen LogP contribution in [-0.2, 0) is 11.0 Å². The predicted molar refractivity (Wildman–Crippen MR) is 138 cm³/mol. The second kappa shape index (κ2) is 9.91. The Hall–Kier alpha value is -3.83. The van der Waals surface area contributed by atoms with Gasteiger partial charge in [-0.1, -0.05) is 42.1 Å². The van der Waals surface area contributed by atoms with Gasteiger partial charge in [0.05, 0.1) is 28.1 Å². The molecule has 6 nitrogen and oxygen atoms in total. The van der Waals surface area contributed by atoms with Crippen LogP contribution in [0.1, 0.15) is 11.3 Å². The Morgan fingerprint density at radius 3 is 2.51 bits per heavy atom. The Morgan fingerprint density at radius 1 is 1.08 bits per heavy atom. The van der Waals surface area contributed by atoms with Gasteiger partial charge in [0.25, 0.3) is 5.56 Å². The van der Waals surface area contributed by atoms with Crippen molar-refractivity contribution in [2.24, 2.45) is 0 Å². The molecule has 0 radical (unpaired) electrons. The van der Waals surface area contributed by atoms with E-state index < -0.39 is 17.6 Å². The molecule has 0 saturated heterocycles. The minimum atomic E-state index is -4.61. The number of furan rings is 1. The monoisotopic (exact) mass is 541 g/mol. The van der Waals surface area contributed by atoms with Crippen LogP contribution < -0.4 is 10.9 Å². The molecule has 0 aliphatic carbocycles. The number of aryl methyl sites for hydroxylation is 1. The van der Waals surface area contributed by atoms with Gasteiger partial charge in [0, 0.05) is 10.9 Å². The Bertz CT molecular complexity index is 1660. The number of hydrogen-bond donors (Lipinski definition) is 1. The fraction of sp³-hybridized carbons (Fsp3) is 0.115. The van der Waals surface area contributed by atoms with Crippen molar-refractivity contribution < 1.29 is 22.4 Å². The lowest BCUT2D eigenvalue weighted by Crippen LogP contribution is -2.23. The van der Waals surface area contributed by atoms with Crippen LogP contribution in [0.25, 0.3) is 27.2 Å². The molecule has 5 rings (SSSR count). The number of hydrogen-bond acceptors (Lipinski definition) is 6. The first-order valence-electron chi connectivity index (χ1n) is 11.0. The van der Waals surface area contributed by atoms with Gasteiger partial charge in [-0.2, -0.15) is 13.2 Å². The Morgan fingerprint density at radius 2 is 1.81 bits per heavy atom. The third kappa shape index (κ3) is 5.05. The zero-order chi connectivity index (χ0) is 26.2. The first kappa shape index (κ1) is 24.8. The summed E-state index contributed by atoms with van der Waals surface area (Å²) >= 11 is 2.23. The van der Waals surface area contributed by atoms with E-state index in [4.69, 9.17) is 4.42 Å². The van der Waals surface area contributed by atoms with Crippen LogP contribution in [0, 0.1) is 6.92 Å². The lowest BCUT2D eigenvalue weighted by Gasteiger charge is -2.14. The molecule has 0 aliphatic heterocycles. The third-order valence-corrected chi connectivity index (χ3v) is 7.25. The number of rotatable bonds is 6. The van der Waals surface area contributed by atoms with Gasteiger partial charge in [0.1, 0.15) is 16.4 Å².